The van der Waals surface area contributed by atoms with Crippen molar-refractivity contribution in [1.82, 2.24) is 0 Å². The maximum absolute atomic E-state index is 13.5. The Hall–Kier alpha value is -1.02. The van der Waals surface area contributed by atoms with Gasteiger partial charge in [-0.2, -0.15) is 0 Å². The maximum Gasteiger partial charge on any atom is 0.164 e. The van der Waals surface area contributed by atoms with Crippen LogP contribution in [0, 0.1) is 5.82 Å². The molecule has 0 bridgehead atoms. The van der Waals surface area contributed by atoms with Crippen molar-refractivity contribution in [2.24, 2.45) is 0 Å². The molecule has 1 aliphatic carbocycles. The second-order valence-electron chi connectivity index (χ2n) is 3.71. The fourth-order valence-electron chi connectivity index (χ4n) is 1.75. The third kappa shape index (κ3) is 2.51. The van der Waals surface area contributed by atoms with Gasteiger partial charge in [0.25, 0.3) is 0 Å². The summed E-state index contributed by atoms with van der Waals surface area (Å²) in [5.41, 5.74) is 0.485. The van der Waals surface area contributed by atoms with Crippen LogP contribution in [0.3, 0.4) is 0 Å². The van der Waals surface area contributed by atoms with Crippen LogP contribution in [0.1, 0.15) is 19.3 Å². The van der Waals surface area contributed by atoms with Crippen molar-refractivity contribution in [2.45, 2.75) is 25.3 Å². The Kier molecular flexibility index (Phi) is 3.27. The second kappa shape index (κ2) is 4.67. The molecule has 0 spiro atoms. The molecule has 1 aromatic rings. The van der Waals surface area contributed by atoms with E-state index in [1.165, 1.54) is 0 Å². The first-order valence-corrected chi connectivity index (χ1v) is 5.52. The molecule has 0 aliphatic heterocycles. The number of halogens is 2. The van der Waals surface area contributed by atoms with E-state index in [0.29, 0.717) is 5.69 Å². The van der Waals surface area contributed by atoms with Crippen molar-refractivity contribution in [2.75, 3.05) is 5.32 Å². The van der Waals surface area contributed by atoms with Crippen LogP contribution in [0.15, 0.2) is 30.4 Å². The molecule has 80 valence electrons. The number of anilines is 1. The topological polar surface area (TPSA) is 12.0 Å². The minimum Gasteiger partial charge on any atom is -0.376 e. The monoisotopic (exact) mass is 225 g/mol. The van der Waals surface area contributed by atoms with Gasteiger partial charge in [-0.3, -0.25) is 0 Å². The highest BCUT2D eigenvalue weighted by Crippen LogP contribution is 2.24. The highest BCUT2D eigenvalue weighted by atomic mass is 35.5. The van der Waals surface area contributed by atoms with Crippen molar-refractivity contribution in [3.8, 4) is 0 Å². The fourth-order valence-corrected chi connectivity index (χ4v) is 1.92. The van der Waals surface area contributed by atoms with Gasteiger partial charge in [-0.05, 0) is 31.4 Å². The van der Waals surface area contributed by atoms with Gasteiger partial charge in [-0.1, -0.05) is 29.8 Å². The van der Waals surface area contributed by atoms with E-state index in [9.17, 15) is 4.39 Å². The number of hydrogen-bond acceptors (Lipinski definition) is 1. The molecule has 1 aliphatic rings. The van der Waals surface area contributed by atoms with Gasteiger partial charge in [0.2, 0.25) is 0 Å². The Balaban J connectivity index is 2.13. The largest absolute Gasteiger partial charge is 0.376 e. The predicted molar refractivity (Wildman–Crippen MR) is 61.8 cm³/mol. The van der Waals surface area contributed by atoms with E-state index in [0.717, 1.165) is 19.3 Å². The standard InChI is InChI=1S/C12H13ClFN/c13-10-7-4-8-11(12(10)14)15-9-5-2-1-3-6-9/h2,4-5,7-9,15H,1,3,6H2. The summed E-state index contributed by atoms with van der Waals surface area (Å²) in [6.45, 7) is 0. The van der Waals surface area contributed by atoms with Crippen LogP contribution in [0.4, 0.5) is 10.1 Å². The zero-order chi connectivity index (χ0) is 10.7. The molecule has 2 rings (SSSR count). The van der Waals surface area contributed by atoms with Crippen LogP contribution in [-0.2, 0) is 0 Å². The van der Waals surface area contributed by atoms with E-state index in [4.69, 9.17) is 11.6 Å². The SMILES string of the molecule is Fc1c(Cl)cccc1NC1C=CCCC1. The third-order valence-electron chi connectivity index (χ3n) is 2.55. The Morgan fingerprint density at radius 3 is 3.00 bits per heavy atom. The number of hydrogen-bond donors (Lipinski definition) is 1. The molecule has 3 heteroatoms. The molecular weight excluding hydrogens is 213 g/mol. The van der Waals surface area contributed by atoms with Crippen LogP contribution in [0.5, 0.6) is 0 Å². The maximum atomic E-state index is 13.5. The lowest BCUT2D eigenvalue weighted by Gasteiger charge is -2.19. The van der Waals surface area contributed by atoms with Gasteiger partial charge in [0.15, 0.2) is 5.82 Å². The quantitative estimate of drug-likeness (QED) is 0.751. The lowest BCUT2D eigenvalue weighted by atomic mass is 10.0. The smallest absolute Gasteiger partial charge is 0.164 e. The van der Waals surface area contributed by atoms with E-state index in [2.05, 4.69) is 17.5 Å². The first kappa shape index (κ1) is 10.5. The van der Waals surface area contributed by atoms with Crippen molar-refractivity contribution in [3.05, 3.63) is 41.2 Å². The average Bonchev–Trinajstić information content (AvgIpc) is 2.26. The molecule has 0 fully saturated rings. The summed E-state index contributed by atoms with van der Waals surface area (Å²) in [7, 11) is 0. The summed E-state index contributed by atoms with van der Waals surface area (Å²) in [4.78, 5) is 0. The molecule has 15 heavy (non-hydrogen) atoms. The first-order chi connectivity index (χ1) is 7.27. The van der Waals surface area contributed by atoms with Gasteiger partial charge in [-0.25, -0.2) is 4.39 Å². The molecule has 0 amide bonds. The minimum atomic E-state index is -0.363. The van der Waals surface area contributed by atoms with Gasteiger partial charge in [0.1, 0.15) is 0 Å². The summed E-state index contributed by atoms with van der Waals surface area (Å²) < 4.78 is 13.5. The number of nitrogens with one attached hydrogen (secondary N) is 1. The lowest BCUT2D eigenvalue weighted by Crippen LogP contribution is -2.19. The molecule has 1 unspecified atom stereocenters. The average molecular weight is 226 g/mol. The van der Waals surface area contributed by atoms with Gasteiger partial charge < -0.3 is 5.32 Å². The zero-order valence-electron chi connectivity index (χ0n) is 8.34. The molecule has 1 atom stereocenters. The van der Waals surface area contributed by atoms with E-state index < -0.39 is 0 Å². The summed E-state index contributed by atoms with van der Waals surface area (Å²) in [6, 6.07) is 5.25. The number of allylic oxidation sites excluding steroid dienone is 1. The van der Waals surface area contributed by atoms with E-state index in [1.54, 1.807) is 18.2 Å². The molecule has 0 saturated carbocycles. The number of rotatable bonds is 2. The van der Waals surface area contributed by atoms with E-state index in [-0.39, 0.29) is 16.9 Å². The summed E-state index contributed by atoms with van der Waals surface area (Å²) in [6.07, 6.45) is 7.53. The fraction of sp³-hybridized carbons (Fsp3) is 0.333. The van der Waals surface area contributed by atoms with Crippen LogP contribution < -0.4 is 5.32 Å². The second-order valence-corrected chi connectivity index (χ2v) is 4.12. The normalized spacial score (nSPS) is 20.3. The molecule has 0 heterocycles. The lowest BCUT2D eigenvalue weighted by molar-refractivity contribution is 0.620. The number of benzene rings is 1. The van der Waals surface area contributed by atoms with Gasteiger partial charge in [-0.15, -0.1) is 0 Å². The summed E-state index contributed by atoms with van der Waals surface area (Å²) >= 11 is 5.70. The molecule has 1 aromatic carbocycles. The zero-order valence-corrected chi connectivity index (χ0v) is 9.10. The van der Waals surface area contributed by atoms with Gasteiger partial charge >= 0.3 is 0 Å². The Morgan fingerprint density at radius 2 is 2.27 bits per heavy atom. The van der Waals surface area contributed by atoms with Crippen molar-refractivity contribution in [3.63, 3.8) is 0 Å². The van der Waals surface area contributed by atoms with Gasteiger partial charge in [0, 0.05) is 6.04 Å². The van der Waals surface area contributed by atoms with E-state index in [1.807, 2.05) is 0 Å². The van der Waals surface area contributed by atoms with Gasteiger partial charge in [0.05, 0.1) is 10.7 Å². The highest BCUT2D eigenvalue weighted by molar-refractivity contribution is 6.31. The van der Waals surface area contributed by atoms with E-state index >= 15 is 0 Å². The van der Waals surface area contributed by atoms with Crippen LogP contribution in [0.25, 0.3) is 0 Å². The minimum absolute atomic E-state index is 0.166. The molecule has 0 aromatic heterocycles. The van der Waals surface area contributed by atoms with Crippen molar-refractivity contribution < 1.29 is 4.39 Å². The van der Waals surface area contributed by atoms with Crippen LogP contribution in [-0.4, -0.2) is 6.04 Å². The Bertz CT molecular complexity index is 376. The Morgan fingerprint density at radius 1 is 1.40 bits per heavy atom. The molecule has 0 saturated heterocycles. The van der Waals surface area contributed by atoms with Crippen LogP contribution in [0.2, 0.25) is 5.02 Å². The molecule has 0 radical (unpaired) electrons. The third-order valence-corrected chi connectivity index (χ3v) is 2.84. The molecular formula is C12H13ClFN. The predicted octanol–water partition coefficient (Wildman–Crippen LogP) is 4.00. The van der Waals surface area contributed by atoms with Crippen LogP contribution >= 0.6 is 11.6 Å². The highest BCUT2D eigenvalue weighted by Gasteiger charge is 2.11. The summed E-state index contributed by atoms with van der Waals surface area (Å²) in [5, 5.41) is 3.31. The van der Waals surface area contributed by atoms with Crippen molar-refractivity contribution in [1.29, 1.82) is 0 Å². The Labute approximate surface area is 93.9 Å². The molecule has 1 nitrogen and oxygen atoms in total. The summed E-state index contributed by atoms with van der Waals surface area (Å²) in [5.74, 6) is -0.363. The molecule has 1 N–H and O–H groups in total. The first-order valence-electron chi connectivity index (χ1n) is 5.14. The van der Waals surface area contributed by atoms with Crippen molar-refractivity contribution >= 4 is 17.3 Å².